The second-order valence-corrected chi connectivity index (χ2v) is 6.64. The fourth-order valence-electron chi connectivity index (χ4n) is 2.87. The number of fused-ring (bicyclic) bond motifs is 1. The first-order valence-corrected chi connectivity index (χ1v) is 9.34. The summed E-state index contributed by atoms with van der Waals surface area (Å²) >= 11 is 0. The molecule has 0 unspecified atom stereocenters. The van der Waals surface area contributed by atoms with Crippen LogP contribution in [0, 0.1) is 20.2 Å². The highest BCUT2D eigenvalue weighted by atomic mass is 16.7. The Morgan fingerprint density at radius 3 is 2.24 bits per heavy atom. The van der Waals surface area contributed by atoms with Crippen LogP contribution < -0.4 is 19.6 Å². The number of nitrogens with one attached hydrogen (secondary N) is 1. The summed E-state index contributed by atoms with van der Waals surface area (Å²) in [6, 6.07) is 14.0. The third kappa shape index (κ3) is 5.02. The number of amides is 1. The maximum Gasteiger partial charge on any atom is 0.280 e. The standard InChI is InChI=1S/C21H14N4O8/c26-21(23-22-11-13-1-6-19-20(7-13)32-12-31-19)14-2-4-17(5-3-14)33-18-9-15(24(27)28)8-16(10-18)25(29)30/h1-11H,12H2,(H,23,26)/b22-11-. The van der Waals surface area contributed by atoms with E-state index >= 15 is 0 Å². The number of nitro groups is 2. The van der Waals surface area contributed by atoms with Gasteiger partial charge in [-0.05, 0) is 48.0 Å². The predicted molar refractivity (Wildman–Crippen MR) is 114 cm³/mol. The van der Waals surface area contributed by atoms with Crippen LogP contribution in [-0.4, -0.2) is 28.8 Å². The summed E-state index contributed by atoms with van der Waals surface area (Å²) in [6.07, 6.45) is 1.45. The van der Waals surface area contributed by atoms with E-state index in [1.54, 1.807) is 18.2 Å². The minimum absolute atomic E-state index is 0.0820. The van der Waals surface area contributed by atoms with Crippen molar-refractivity contribution >= 4 is 23.5 Å². The molecule has 0 aromatic heterocycles. The highest BCUT2D eigenvalue weighted by Crippen LogP contribution is 2.32. The predicted octanol–water partition coefficient (Wildman–Crippen LogP) is 3.79. The maximum atomic E-state index is 12.3. The van der Waals surface area contributed by atoms with Crippen molar-refractivity contribution in [3.63, 3.8) is 0 Å². The summed E-state index contributed by atoms with van der Waals surface area (Å²) in [5.74, 6) is 0.893. The smallest absolute Gasteiger partial charge is 0.280 e. The number of nitrogens with zero attached hydrogens (tertiary/aromatic N) is 3. The molecule has 12 heteroatoms. The lowest BCUT2D eigenvalue weighted by atomic mass is 10.2. The summed E-state index contributed by atoms with van der Waals surface area (Å²) in [4.78, 5) is 32.7. The molecular formula is C21H14N4O8. The average molecular weight is 450 g/mol. The Balaban J connectivity index is 1.40. The van der Waals surface area contributed by atoms with Crippen LogP contribution in [0.4, 0.5) is 11.4 Å². The number of hydrogen-bond donors (Lipinski definition) is 1. The molecule has 0 saturated carbocycles. The molecule has 0 atom stereocenters. The summed E-state index contributed by atoms with van der Waals surface area (Å²) < 4.78 is 16.0. The molecule has 0 spiro atoms. The molecule has 33 heavy (non-hydrogen) atoms. The van der Waals surface area contributed by atoms with E-state index in [1.165, 1.54) is 30.5 Å². The lowest BCUT2D eigenvalue weighted by molar-refractivity contribution is -0.394. The van der Waals surface area contributed by atoms with Gasteiger partial charge in [0.15, 0.2) is 11.5 Å². The molecule has 0 radical (unpaired) electrons. The molecule has 4 rings (SSSR count). The van der Waals surface area contributed by atoms with Gasteiger partial charge in [-0.1, -0.05) is 0 Å². The van der Waals surface area contributed by atoms with Crippen LogP contribution in [0.15, 0.2) is 65.8 Å². The molecule has 0 aliphatic carbocycles. The van der Waals surface area contributed by atoms with Gasteiger partial charge in [0.1, 0.15) is 11.5 Å². The van der Waals surface area contributed by atoms with Gasteiger partial charge >= 0.3 is 0 Å². The van der Waals surface area contributed by atoms with Gasteiger partial charge in [-0.15, -0.1) is 0 Å². The minimum atomic E-state index is -0.753. The number of ether oxygens (including phenoxy) is 3. The van der Waals surface area contributed by atoms with Crippen molar-refractivity contribution in [2.24, 2.45) is 5.10 Å². The quantitative estimate of drug-likeness (QED) is 0.324. The third-order valence-electron chi connectivity index (χ3n) is 4.43. The lowest BCUT2D eigenvalue weighted by Crippen LogP contribution is -2.17. The van der Waals surface area contributed by atoms with Gasteiger partial charge < -0.3 is 14.2 Å². The molecule has 166 valence electrons. The first kappa shape index (κ1) is 21.2. The van der Waals surface area contributed by atoms with E-state index < -0.39 is 27.1 Å². The Hall–Kier alpha value is -5.00. The molecule has 3 aromatic rings. The van der Waals surface area contributed by atoms with E-state index in [2.05, 4.69) is 10.5 Å². The molecular weight excluding hydrogens is 436 g/mol. The highest BCUT2D eigenvalue weighted by Gasteiger charge is 2.18. The number of hydrogen-bond acceptors (Lipinski definition) is 9. The number of rotatable bonds is 7. The molecule has 1 N–H and O–H groups in total. The number of hydrazone groups is 1. The van der Waals surface area contributed by atoms with Crippen LogP contribution in [0.2, 0.25) is 0 Å². The van der Waals surface area contributed by atoms with Crippen molar-refractivity contribution < 1.29 is 28.9 Å². The van der Waals surface area contributed by atoms with Crippen LogP contribution in [0.1, 0.15) is 15.9 Å². The van der Waals surface area contributed by atoms with E-state index in [4.69, 9.17) is 14.2 Å². The molecule has 1 aliphatic rings. The Morgan fingerprint density at radius 2 is 1.58 bits per heavy atom. The van der Waals surface area contributed by atoms with Crippen molar-refractivity contribution in [2.75, 3.05) is 6.79 Å². The molecule has 0 bridgehead atoms. The van der Waals surface area contributed by atoms with Crippen molar-refractivity contribution in [1.82, 2.24) is 5.43 Å². The van der Waals surface area contributed by atoms with Crippen LogP contribution in [0.3, 0.4) is 0 Å². The van der Waals surface area contributed by atoms with Gasteiger partial charge in [0.25, 0.3) is 17.3 Å². The topological polar surface area (TPSA) is 155 Å². The van der Waals surface area contributed by atoms with Gasteiger partial charge in [-0.3, -0.25) is 25.0 Å². The van der Waals surface area contributed by atoms with Gasteiger partial charge in [0.05, 0.1) is 34.3 Å². The van der Waals surface area contributed by atoms with Crippen LogP contribution in [0.25, 0.3) is 0 Å². The second-order valence-electron chi connectivity index (χ2n) is 6.64. The lowest BCUT2D eigenvalue weighted by Gasteiger charge is -2.07. The zero-order valence-electron chi connectivity index (χ0n) is 16.7. The van der Waals surface area contributed by atoms with Crippen LogP contribution in [0.5, 0.6) is 23.0 Å². The normalized spacial score (nSPS) is 11.9. The first-order chi connectivity index (χ1) is 15.9. The van der Waals surface area contributed by atoms with E-state index in [0.717, 1.165) is 18.2 Å². The molecule has 1 aliphatic heterocycles. The summed E-state index contributed by atoms with van der Waals surface area (Å²) in [5.41, 5.74) is 2.42. The fourth-order valence-corrected chi connectivity index (χ4v) is 2.87. The SMILES string of the molecule is O=C(N/N=C\c1ccc2c(c1)OCO2)c1ccc(Oc2cc([N+](=O)[O-])cc([N+](=O)[O-])c2)cc1. The van der Waals surface area contributed by atoms with E-state index in [9.17, 15) is 25.0 Å². The fraction of sp³-hybridized carbons (Fsp3) is 0.0476. The minimum Gasteiger partial charge on any atom is -0.457 e. The first-order valence-electron chi connectivity index (χ1n) is 9.34. The Morgan fingerprint density at radius 1 is 0.909 bits per heavy atom. The van der Waals surface area contributed by atoms with Gasteiger partial charge in [0, 0.05) is 5.56 Å². The third-order valence-corrected chi connectivity index (χ3v) is 4.43. The number of benzene rings is 3. The molecule has 0 fully saturated rings. The number of carbonyl (C=O) groups is 1. The molecule has 0 saturated heterocycles. The monoisotopic (exact) mass is 450 g/mol. The van der Waals surface area contributed by atoms with E-state index in [0.29, 0.717) is 17.1 Å². The zero-order valence-corrected chi connectivity index (χ0v) is 16.7. The van der Waals surface area contributed by atoms with Crippen LogP contribution in [-0.2, 0) is 0 Å². The van der Waals surface area contributed by atoms with Crippen molar-refractivity contribution in [1.29, 1.82) is 0 Å². The zero-order chi connectivity index (χ0) is 23.4. The number of non-ortho nitro benzene ring substituents is 2. The van der Waals surface area contributed by atoms with Crippen LogP contribution >= 0.6 is 0 Å². The van der Waals surface area contributed by atoms with Gasteiger partial charge in [-0.25, -0.2) is 5.43 Å². The van der Waals surface area contributed by atoms with Crippen molar-refractivity contribution in [3.8, 4) is 23.0 Å². The van der Waals surface area contributed by atoms with E-state index in [-0.39, 0.29) is 23.9 Å². The Labute approximate surface area is 185 Å². The Kier molecular flexibility index (Phi) is 5.80. The molecule has 1 heterocycles. The summed E-state index contributed by atoms with van der Waals surface area (Å²) in [5, 5.41) is 25.9. The van der Waals surface area contributed by atoms with Gasteiger partial charge in [0.2, 0.25) is 6.79 Å². The second kappa shape index (κ2) is 9.01. The number of nitro benzene ring substituents is 2. The van der Waals surface area contributed by atoms with E-state index in [1.807, 2.05) is 0 Å². The summed E-state index contributed by atoms with van der Waals surface area (Å²) in [7, 11) is 0. The molecule has 3 aromatic carbocycles. The average Bonchev–Trinajstić information content (AvgIpc) is 3.27. The summed E-state index contributed by atoms with van der Waals surface area (Å²) in [6.45, 7) is 0.157. The maximum absolute atomic E-state index is 12.3. The van der Waals surface area contributed by atoms with Crippen molar-refractivity contribution in [2.45, 2.75) is 0 Å². The van der Waals surface area contributed by atoms with Crippen molar-refractivity contribution in [3.05, 3.63) is 92.0 Å². The molecule has 12 nitrogen and oxygen atoms in total. The highest BCUT2D eigenvalue weighted by molar-refractivity contribution is 5.95. The molecule has 1 amide bonds. The largest absolute Gasteiger partial charge is 0.457 e. The number of carbonyl (C=O) groups excluding carboxylic acids is 1. The Bertz CT molecular complexity index is 1240. The van der Waals surface area contributed by atoms with Gasteiger partial charge in [-0.2, -0.15) is 5.10 Å².